The van der Waals surface area contributed by atoms with Crippen molar-refractivity contribution in [1.82, 2.24) is 0 Å². The Morgan fingerprint density at radius 3 is 2.37 bits per heavy atom. The van der Waals surface area contributed by atoms with Gasteiger partial charge in [0.25, 0.3) is 0 Å². The summed E-state index contributed by atoms with van der Waals surface area (Å²) in [7, 11) is 0. The first-order valence-corrected chi connectivity index (χ1v) is 6.66. The molecule has 0 unspecified atom stereocenters. The number of benzene rings is 2. The van der Waals surface area contributed by atoms with E-state index in [1.807, 2.05) is 6.07 Å². The molecule has 0 fully saturated rings. The van der Waals surface area contributed by atoms with Gasteiger partial charge < -0.3 is 5.32 Å². The first-order valence-electron chi connectivity index (χ1n) is 6.66. The Hall–Kier alpha value is -2.09. The largest absolute Gasteiger partial charge is 0.326 e. The molecular formula is C17H17NO. The zero-order chi connectivity index (χ0) is 13.4. The Balaban J connectivity index is 1.95. The summed E-state index contributed by atoms with van der Waals surface area (Å²) in [5.41, 5.74) is 5.77. The molecule has 0 radical (unpaired) electrons. The molecule has 0 saturated carbocycles. The SMILES string of the molecule is CC(C)c1ccc(-c2ccc3c(c2)CC(=O)N3)cc1. The van der Waals surface area contributed by atoms with E-state index in [-0.39, 0.29) is 5.91 Å². The molecule has 0 aromatic heterocycles. The van der Waals surface area contributed by atoms with Crippen LogP contribution in [0.5, 0.6) is 0 Å². The Morgan fingerprint density at radius 2 is 1.68 bits per heavy atom. The highest BCUT2D eigenvalue weighted by Gasteiger charge is 2.17. The van der Waals surface area contributed by atoms with Gasteiger partial charge in [-0.05, 0) is 40.3 Å². The number of hydrogen-bond acceptors (Lipinski definition) is 1. The predicted molar refractivity (Wildman–Crippen MR) is 78.3 cm³/mol. The molecule has 2 aromatic rings. The van der Waals surface area contributed by atoms with Crippen LogP contribution in [0, 0.1) is 0 Å². The summed E-state index contributed by atoms with van der Waals surface area (Å²) in [5, 5.41) is 2.86. The second kappa shape index (κ2) is 4.54. The number of amides is 1. The van der Waals surface area contributed by atoms with Crippen molar-refractivity contribution in [3.63, 3.8) is 0 Å². The van der Waals surface area contributed by atoms with Gasteiger partial charge in [-0.3, -0.25) is 4.79 Å². The van der Waals surface area contributed by atoms with E-state index in [2.05, 4.69) is 55.6 Å². The third kappa shape index (κ3) is 2.26. The van der Waals surface area contributed by atoms with Gasteiger partial charge in [0, 0.05) is 5.69 Å². The average molecular weight is 251 g/mol. The minimum atomic E-state index is 0.0855. The lowest BCUT2D eigenvalue weighted by Gasteiger charge is -2.08. The number of nitrogens with one attached hydrogen (secondary N) is 1. The summed E-state index contributed by atoms with van der Waals surface area (Å²) >= 11 is 0. The molecular weight excluding hydrogens is 234 g/mol. The van der Waals surface area contributed by atoms with Crippen molar-refractivity contribution in [2.45, 2.75) is 26.2 Å². The van der Waals surface area contributed by atoms with E-state index in [1.165, 1.54) is 16.7 Å². The number of hydrogen-bond donors (Lipinski definition) is 1. The summed E-state index contributed by atoms with van der Waals surface area (Å²) in [6, 6.07) is 14.8. The minimum Gasteiger partial charge on any atom is -0.326 e. The van der Waals surface area contributed by atoms with Gasteiger partial charge in [0.2, 0.25) is 5.91 Å². The van der Waals surface area contributed by atoms with Crippen molar-refractivity contribution < 1.29 is 4.79 Å². The second-order valence-corrected chi connectivity index (χ2v) is 5.37. The summed E-state index contributed by atoms with van der Waals surface area (Å²) in [4.78, 5) is 11.4. The van der Waals surface area contributed by atoms with Crippen LogP contribution in [0.3, 0.4) is 0 Å². The van der Waals surface area contributed by atoms with Crippen LogP contribution in [0.25, 0.3) is 11.1 Å². The van der Waals surface area contributed by atoms with Crippen molar-refractivity contribution >= 4 is 11.6 Å². The van der Waals surface area contributed by atoms with Crippen molar-refractivity contribution in [3.8, 4) is 11.1 Å². The third-order valence-corrected chi connectivity index (χ3v) is 3.64. The topological polar surface area (TPSA) is 29.1 Å². The number of fused-ring (bicyclic) bond motifs is 1. The summed E-state index contributed by atoms with van der Waals surface area (Å²) in [5.74, 6) is 0.637. The van der Waals surface area contributed by atoms with Crippen LogP contribution in [0.15, 0.2) is 42.5 Å². The van der Waals surface area contributed by atoms with Crippen LogP contribution in [-0.4, -0.2) is 5.91 Å². The normalized spacial score (nSPS) is 13.5. The van der Waals surface area contributed by atoms with E-state index in [4.69, 9.17) is 0 Å². The van der Waals surface area contributed by atoms with E-state index in [0.29, 0.717) is 12.3 Å². The highest BCUT2D eigenvalue weighted by Crippen LogP contribution is 2.29. The van der Waals surface area contributed by atoms with E-state index >= 15 is 0 Å². The number of carbonyl (C=O) groups is 1. The summed E-state index contributed by atoms with van der Waals surface area (Å²) < 4.78 is 0. The van der Waals surface area contributed by atoms with Crippen molar-refractivity contribution in [3.05, 3.63) is 53.6 Å². The molecule has 3 rings (SSSR count). The van der Waals surface area contributed by atoms with Crippen LogP contribution >= 0.6 is 0 Å². The third-order valence-electron chi connectivity index (χ3n) is 3.64. The molecule has 1 aliphatic heterocycles. The highest BCUT2D eigenvalue weighted by molar-refractivity contribution is 5.99. The molecule has 2 heteroatoms. The van der Waals surface area contributed by atoms with Gasteiger partial charge in [-0.25, -0.2) is 0 Å². The molecule has 0 saturated heterocycles. The quantitative estimate of drug-likeness (QED) is 0.859. The summed E-state index contributed by atoms with van der Waals surface area (Å²) in [6.07, 6.45) is 0.493. The fraction of sp³-hybridized carbons (Fsp3) is 0.235. The smallest absolute Gasteiger partial charge is 0.228 e. The second-order valence-electron chi connectivity index (χ2n) is 5.37. The number of anilines is 1. The molecule has 1 heterocycles. The molecule has 19 heavy (non-hydrogen) atoms. The van der Waals surface area contributed by atoms with Crippen LogP contribution in [0.1, 0.15) is 30.9 Å². The van der Waals surface area contributed by atoms with E-state index < -0.39 is 0 Å². The maximum absolute atomic E-state index is 11.4. The van der Waals surface area contributed by atoms with Crippen molar-refractivity contribution in [2.75, 3.05) is 5.32 Å². The van der Waals surface area contributed by atoms with Gasteiger partial charge in [0.15, 0.2) is 0 Å². The molecule has 0 spiro atoms. The average Bonchev–Trinajstić information content (AvgIpc) is 2.77. The van der Waals surface area contributed by atoms with Crippen molar-refractivity contribution in [1.29, 1.82) is 0 Å². The molecule has 96 valence electrons. The van der Waals surface area contributed by atoms with Crippen LogP contribution < -0.4 is 5.32 Å². The van der Waals surface area contributed by atoms with Gasteiger partial charge in [-0.1, -0.05) is 44.2 Å². The first-order chi connectivity index (χ1) is 9.13. The monoisotopic (exact) mass is 251 g/mol. The van der Waals surface area contributed by atoms with E-state index in [9.17, 15) is 4.79 Å². The number of rotatable bonds is 2. The molecule has 2 nitrogen and oxygen atoms in total. The maximum atomic E-state index is 11.4. The molecule has 2 aromatic carbocycles. The Morgan fingerprint density at radius 1 is 1.00 bits per heavy atom. The summed E-state index contributed by atoms with van der Waals surface area (Å²) in [6.45, 7) is 4.39. The van der Waals surface area contributed by atoms with E-state index in [0.717, 1.165) is 11.3 Å². The maximum Gasteiger partial charge on any atom is 0.228 e. The molecule has 0 atom stereocenters. The van der Waals surface area contributed by atoms with Crippen LogP contribution in [-0.2, 0) is 11.2 Å². The van der Waals surface area contributed by atoms with E-state index in [1.54, 1.807) is 0 Å². The molecule has 1 aliphatic rings. The molecule has 1 amide bonds. The Bertz CT molecular complexity index is 626. The standard InChI is InChI=1S/C17H17NO/c1-11(2)12-3-5-13(6-4-12)14-7-8-16-15(9-14)10-17(19)18-16/h3-9,11H,10H2,1-2H3,(H,18,19). The van der Waals surface area contributed by atoms with Crippen LogP contribution in [0.2, 0.25) is 0 Å². The minimum absolute atomic E-state index is 0.0855. The molecule has 0 bridgehead atoms. The molecule has 0 aliphatic carbocycles. The highest BCUT2D eigenvalue weighted by atomic mass is 16.1. The lowest BCUT2D eigenvalue weighted by atomic mass is 9.97. The predicted octanol–water partition coefficient (Wildman–Crippen LogP) is 3.97. The van der Waals surface area contributed by atoms with Gasteiger partial charge >= 0.3 is 0 Å². The lowest BCUT2D eigenvalue weighted by molar-refractivity contribution is -0.115. The lowest BCUT2D eigenvalue weighted by Crippen LogP contribution is -2.03. The Kier molecular flexibility index (Phi) is 2.86. The van der Waals surface area contributed by atoms with Gasteiger partial charge in [-0.2, -0.15) is 0 Å². The Labute approximate surface area is 113 Å². The van der Waals surface area contributed by atoms with Crippen LogP contribution in [0.4, 0.5) is 5.69 Å². The number of carbonyl (C=O) groups excluding carboxylic acids is 1. The fourth-order valence-corrected chi connectivity index (χ4v) is 2.47. The van der Waals surface area contributed by atoms with Gasteiger partial charge in [0.1, 0.15) is 0 Å². The van der Waals surface area contributed by atoms with Crippen molar-refractivity contribution in [2.24, 2.45) is 0 Å². The zero-order valence-electron chi connectivity index (χ0n) is 11.2. The fourth-order valence-electron chi connectivity index (χ4n) is 2.47. The zero-order valence-corrected chi connectivity index (χ0v) is 11.2. The van der Waals surface area contributed by atoms with Gasteiger partial charge in [-0.15, -0.1) is 0 Å². The van der Waals surface area contributed by atoms with Gasteiger partial charge in [0.05, 0.1) is 6.42 Å². The molecule has 1 N–H and O–H groups in total. The first kappa shape index (κ1) is 12.0.